The van der Waals surface area contributed by atoms with Gasteiger partial charge in [0.05, 0.1) is 9.69 Å². The quantitative estimate of drug-likeness (QED) is 0.581. The second kappa shape index (κ2) is 2.31. The number of thioether (sulfide) groups is 1. The zero-order valence-electron chi connectivity index (χ0n) is 4.94. The molecule has 0 unspecified atom stereocenters. The van der Waals surface area contributed by atoms with Crippen molar-refractivity contribution < 1.29 is 0 Å². The molecule has 0 bridgehead atoms. The number of rotatable bonds is 0. The van der Waals surface area contributed by atoms with Gasteiger partial charge >= 0.3 is 0 Å². The Hall–Kier alpha value is 0.370. The standard InChI is InChI=1S/C5H8BrNS/c1-4-5(6)8-3-7(4)2/h3H2,1-2H3. The van der Waals surface area contributed by atoms with Crippen molar-refractivity contribution in [2.75, 3.05) is 12.9 Å². The Bertz CT molecular complexity index is 132. The van der Waals surface area contributed by atoms with E-state index in [0.29, 0.717) is 0 Å². The smallest absolute Gasteiger partial charge is 0.0709 e. The maximum absolute atomic E-state index is 3.44. The molecular formula is C5H8BrNS. The van der Waals surface area contributed by atoms with E-state index in [1.165, 1.54) is 9.51 Å². The Labute approximate surface area is 62.3 Å². The topological polar surface area (TPSA) is 3.24 Å². The lowest BCUT2D eigenvalue weighted by atomic mass is 10.5. The maximum Gasteiger partial charge on any atom is 0.0709 e. The normalized spacial score (nSPS) is 20.6. The van der Waals surface area contributed by atoms with Crippen LogP contribution in [0.25, 0.3) is 0 Å². The van der Waals surface area contributed by atoms with E-state index in [0.717, 1.165) is 5.88 Å². The molecule has 0 aliphatic carbocycles. The van der Waals surface area contributed by atoms with Crippen LogP contribution in [0.1, 0.15) is 6.92 Å². The van der Waals surface area contributed by atoms with Crippen LogP contribution in [0.5, 0.6) is 0 Å². The molecule has 0 aromatic carbocycles. The van der Waals surface area contributed by atoms with Crippen molar-refractivity contribution in [2.24, 2.45) is 0 Å². The lowest BCUT2D eigenvalue weighted by molar-refractivity contribution is 0.504. The molecule has 0 atom stereocenters. The molecule has 0 saturated carbocycles. The molecule has 3 heteroatoms. The molecule has 1 heterocycles. The van der Waals surface area contributed by atoms with E-state index in [2.05, 4.69) is 34.8 Å². The van der Waals surface area contributed by atoms with Gasteiger partial charge in [0, 0.05) is 12.7 Å². The van der Waals surface area contributed by atoms with Gasteiger partial charge in [0.2, 0.25) is 0 Å². The third-order valence-electron chi connectivity index (χ3n) is 1.24. The first kappa shape index (κ1) is 6.49. The fraction of sp³-hybridized carbons (Fsp3) is 0.600. The Morgan fingerprint density at radius 1 is 1.75 bits per heavy atom. The van der Waals surface area contributed by atoms with Crippen LogP contribution in [0.4, 0.5) is 0 Å². The average molecular weight is 194 g/mol. The van der Waals surface area contributed by atoms with Crippen LogP contribution in [-0.2, 0) is 0 Å². The van der Waals surface area contributed by atoms with Gasteiger partial charge in [0.25, 0.3) is 0 Å². The molecule has 0 aromatic heterocycles. The highest BCUT2D eigenvalue weighted by molar-refractivity contribution is 9.14. The average Bonchev–Trinajstić information content (AvgIpc) is 1.98. The van der Waals surface area contributed by atoms with E-state index >= 15 is 0 Å². The number of halogens is 1. The van der Waals surface area contributed by atoms with Crippen LogP contribution < -0.4 is 0 Å². The monoisotopic (exact) mass is 193 g/mol. The van der Waals surface area contributed by atoms with E-state index < -0.39 is 0 Å². The summed E-state index contributed by atoms with van der Waals surface area (Å²) in [5, 5.41) is 0. The molecule has 0 fully saturated rings. The molecule has 46 valence electrons. The van der Waals surface area contributed by atoms with E-state index in [-0.39, 0.29) is 0 Å². The third kappa shape index (κ3) is 1.03. The molecular weight excluding hydrogens is 186 g/mol. The van der Waals surface area contributed by atoms with Crippen molar-refractivity contribution in [1.29, 1.82) is 0 Å². The summed E-state index contributed by atoms with van der Waals surface area (Å²) in [6.07, 6.45) is 0. The van der Waals surface area contributed by atoms with Crippen LogP contribution in [-0.4, -0.2) is 17.8 Å². The number of hydrogen-bond acceptors (Lipinski definition) is 2. The highest BCUT2D eigenvalue weighted by Crippen LogP contribution is 2.34. The zero-order valence-corrected chi connectivity index (χ0v) is 7.34. The summed E-state index contributed by atoms with van der Waals surface area (Å²) in [6, 6.07) is 0. The van der Waals surface area contributed by atoms with Gasteiger partial charge in [-0.1, -0.05) is 11.8 Å². The lowest BCUT2D eigenvalue weighted by Gasteiger charge is -2.09. The molecule has 8 heavy (non-hydrogen) atoms. The van der Waals surface area contributed by atoms with Crippen LogP contribution in [0.2, 0.25) is 0 Å². The Morgan fingerprint density at radius 2 is 2.38 bits per heavy atom. The van der Waals surface area contributed by atoms with Crippen molar-refractivity contribution in [3.05, 3.63) is 9.51 Å². The third-order valence-corrected chi connectivity index (χ3v) is 3.57. The Morgan fingerprint density at radius 3 is 2.50 bits per heavy atom. The molecule has 0 amide bonds. The minimum Gasteiger partial charge on any atom is -0.367 e. The fourth-order valence-corrected chi connectivity index (χ4v) is 1.98. The van der Waals surface area contributed by atoms with Gasteiger partial charge in [-0.15, -0.1) is 0 Å². The maximum atomic E-state index is 3.44. The van der Waals surface area contributed by atoms with Crippen molar-refractivity contribution >= 4 is 27.7 Å². The van der Waals surface area contributed by atoms with Crippen molar-refractivity contribution in [3.63, 3.8) is 0 Å². The van der Waals surface area contributed by atoms with Gasteiger partial charge in [-0.05, 0) is 22.9 Å². The van der Waals surface area contributed by atoms with Gasteiger partial charge in [0.1, 0.15) is 0 Å². The Kier molecular flexibility index (Phi) is 1.88. The predicted octanol–water partition coefficient (Wildman–Crippen LogP) is 2.21. The first-order valence-corrected chi connectivity index (χ1v) is 4.20. The SMILES string of the molecule is CC1=C(Br)SCN1C. The largest absolute Gasteiger partial charge is 0.367 e. The minimum absolute atomic E-state index is 1.09. The van der Waals surface area contributed by atoms with Crippen molar-refractivity contribution in [2.45, 2.75) is 6.92 Å². The van der Waals surface area contributed by atoms with Gasteiger partial charge < -0.3 is 4.90 Å². The van der Waals surface area contributed by atoms with Crippen LogP contribution in [0.3, 0.4) is 0 Å². The van der Waals surface area contributed by atoms with Gasteiger partial charge in [0.15, 0.2) is 0 Å². The summed E-state index contributed by atoms with van der Waals surface area (Å²) >= 11 is 5.28. The predicted molar refractivity (Wildman–Crippen MR) is 41.8 cm³/mol. The molecule has 0 saturated heterocycles. The van der Waals surface area contributed by atoms with E-state index in [9.17, 15) is 0 Å². The van der Waals surface area contributed by atoms with Crippen LogP contribution in [0.15, 0.2) is 9.51 Å². The second-order valence-corrected chi connectivity index (χ2v) is 4.10. The fourth-order valence-electron chi connectivity index (χ4n) is 0.505. The second-order valence-electron chi connectivity index (χ2n) is 1.83. The Balaban J connectivity index is 2.71. The molecule has 1 nitrogen and oxygen atoms in total. The van der Waals surface area contributed by atoms with Crippen LogP contribution >= 0.6 is 27.7 Å². The zero-order chi connectivity index (χ0) is 6.15. The van der Waals surface area contributed by atoms with Gasteiger partial charge in [-0.2, -0.15) is 0 Å². The van der Waals surface area contributed by atoms with Crippen LogP contribution in [0, 0.1) is 0 Å². The summed E-state index contributed by atoms with van der Waals surface area (Å²) in [6.45, 7) is 2.12. The highest BCUT2D eigenvalue weighted by atomic mass is 79.9. The summed E-state index contributed by atoms with van der Waals surface area (Å²) in [7, 11) is 2.09. The molecule has 1 aliphatic rings. The molecule has 0 N–H and O–H groups in total. The lowest BCUT2D eigenvalue weighted by Crippen LogP contribution is -2.09. The van der Waals surface area contributed by atoms with Gasteiger partial charge in [-0.3, -0.25) is 0 Å². The molecule has 0 spiro atoms. The number of hydrogen-bond donors (Lipinski definition) is 0. The van der Waals surface area contributed by atoms with Crippen molar-refractivity contribution in [1.82, 2.24) is 4.90 Å². The number of nitrogens with zero attached hydrogens (tertiary/aromatic N) is 1. The number of allylic oxidation sites excluding steroid dienone is 1. The van der Waals surface area contributed by atoms with Crippen molar-refractivity contribution in [3.8, 4) is 0 Å². The molecule has 1 rings (SSSR count). The summed E-state index contributed by atoms with van der Waals surface area (Å²) in [5.74, 6) is 1.09. The highest BCUT2D eigenvalue weighted by Gasteiger charge is 2.12. The minimum atomic E-state index is 1.09. The molecule has 1 aliphatic heterocycles. The summed E-state index contributed by atoms with van der Waals surface area (Å²) in [4.78, 5) is 2.22. The molecule has 0 aromatic rings. The summed E-state index contributed by atoms with van der Waals surface area (Å²) < 4.78 is 1.28. The molecule has 0 radical (unpaired) electrons. The summed E-state index contributed by atoms with van der Waals surface area (Å²) in [5.41, 5.74) is 1.34. The van der Waals surface area contributed by atoms with Gasteiger partial charge in [-0.25, -0.2) is 0 Å². The van der Waals surface area contributed by atoms with E-state index in [1.54, 1.807) is 0 Å². The first-order valence-electron chi connectivity index (χ1n) is 2.42. The first-order chi connectivity index (χ1) is 3.72. The van der Waals surface area contributed by atoms with E-state index in [4.69, 9.17) is 0 Å². The van der Waals surface area contributed by atoms with E-state index in [1.807, 2.05) is 11.8 Å².